The highest BCUT2D eigenvalue weighted by Gasteiger charge is 2.06. The van der Waals surface area contributed by atoms with Gasteiger partial charge in [-0.2, -0.15) is 11.3 Å². The third-order valence-electron chi connectivity index (χ3n) is 1.81. The Hall–Kier alpha value is -1.20. The summed E-state index contributed by atoms with van der Waals surface area (Å²) >= 11 is 3.09. The molecule has 0 fully saturated rings. The molecule has 0 unspecified atom stereocenters. The van der Waals surface area contributed by atoms with Gasteiger partial charge in [0.05, 0.1) is 6.42 Å². The Morgan fingerprint density at radius 2 is 2.47 bits per heavy atom. The van der Waals surface area contributed by atoms with E-state index in [4.69, 9.17) is 0 Å². The van der Waals surface area contributed by atoms with Crippen molar-refractivity contribution >= 4 is 33.7 Å². The largest absolute Gasteiger partial charge is 0.302 e. The number of hydrogen-bond donors (Lipinski definition) is 1. The molecule has 0 aliphatic rings. The number of thiophene rings is 1. The van der Waals surface area contributed by atoms with E-state index in [0.29, 0.717) is 11.6 Å². The molecule has 2 aromatic heterocycles. The third kappa shape index (κ3) is 2.87. The average molecular weight is 238 g/mol. The van der Waals surface area contributed by atoms with E-state index in [-0.39, 0.29) is 5.91 Å². The van der Waals surface area contributed by atoms with Crippen molar-refractivity contribution in [1.82, 2.24) is 4.98 Å². The lowest BCUT2D eigenvalue weighted by molar-refractivity contribution is -0.115. The van der Waals surface area contributed by atoms with Gasteiger partial charge in [0.2, 0.25) is 5.91 Å². The van der Waals surface area contributed by atoms with Crippen LogP contribution in [0, 0.1) is 6.92 Å². The summed E-state index contributed by atoms with van der Waals surface area (Å²) in [5.41, 5.74) is 1.05. The molecular weight excluding hydrogens is 228 g/mol. The molecule has 0 aromatic carbocycles. The van der Waals surface area contributed by atoms with Crippen LogP contribution in [0.25, 0.3) is 0 Å². The van der Waals surface area contributed by atoms with Crippen LogP contribution in [0.4, 0.5) is 5.13 Å². The fourth-order valence-corrected chi connectivity index (χ4v) is 2.50. The standard InChI is InChI=1S/C10H10N2OS2/c1-7-5-11-10(15-7)12-9(13)4-8-2-3-14-6-8/h2-3,5-6H,4H2,1H3,(H,11,12,13). The highest BCUT2D eigenvalue weighted by atomic mass is 32.1. The minimum atomic E-state index is -0.0113. The maximum atomic E-state index is 11.5. The molecule has 2 rings (SSSR count). The van der Waals surface area contributed by atoms with Crippen LogP contribution in [0.5, 0.6) is 0 Å². The first-order valence-corrected chi connectivity index (χ1v) is 6.23. The highest BCUT2D eigenvalue weighted by molar-refractivity contribution is 7.15. The first-order chi connectivity index (χ1) is 7.24. The van der Waals surface area contributed by atoms with Gasteiger partial charge in [-0.1, -0.05) is 0 Å². The van der Waals surface area contributed by atoms with Crippen molar-refractivity contribution in [3.63, 3.8) is 0 Å². The van der Waals surface area contributed by atoms with Crippen LogP contribution in [0.15, 0.2) is 23.0 Å². The van der Waals surface area contributed by atoms with E-state index in [1.807, 2.05) is 23.8 Å². The van der Waals surface area contributed by atoms with Gasteiger partial charge in [0, 0.05) is 11.1 Å². The first kappa shape index (κ1) is 10.3. The fraction of sp³-hybridized carbons (Fsp3) is 0.200. The quantitative estimate of drug-likeness (QED) is 0.893. The molecule has 3 nitrogen and oxygen atoms in total. The lowest BCUT2D eigenvalue weighted by Crippen LogP contribution is -2.13. The fourth-order valence-electron chi connectivity index (χ4n) is 1.15. The average Bonchev–Trinajstić information content (AvgIpc) is 2.77. The summed E-state index contributed by atoms with van der Waals surface area (Å²) in [6.45, 7) is 1.96. The smallest absolute Gasteiger partial charge is 0.230 e. The summed E-state index contributed by atoms with van der Waals surface area (Å²) in [4.78, 5) is 16.7. The van der Waals surface area contributed by atoms with E-state index in [0.717, 1.165) is 10.4 Å². The molecule has 2 aromatic rings. The van der Waals surface area contributed by atoms with Gasteiger partial charge in [-0.3, -0.25) is 4.79 Å². The van der Waals surface area contributed by atoms with Crippen LogP contribution >= 0.6 is 22.7 Å². The molecule has 0 saturated carbocycles. The van der Waals surface area contributed by atoms with Gasteiger partial charge in [0.25, 0.3) is 0 Å². The predicted octanol–water partition coefficient (Wildman–Crippen LogP) is 2.69. The maximum absolute atomic E-state index is 11.5. The molecule has 0 saturated heterocycles. The maximum Gasteiger partial charge on any atom is 0.230 e. The van der Waals surface area contributed by atoms with Crippen LogP contribution in [0.1, 0.15) is 10.4 Å². The molecule has 0 bridgehead atoms. The summed E-state index contributed by atoms with van der Waals surface area (Å²) < 4.78 is 0. The number of aryl methyl sites for hydroxylation is 1. The van der Waals surface area contributed by atoms with E-state index < -0.39 is 0 Å². The van der Waals surface area contributed by atoms with Crippen LogP contribution < -0.4 is 5.32 Å². The summed E-state index contributed by atoms with van der Waals surface area (Å²) in [6, 6.07) is 1.96. The Morgan fingerprint density at radius 1 is 1.60 bits per heavy atom. The zero-order valence-corrected chi connectivity index (χ0v) is 9.82. The number of carbonyl (C=O) groups is 1. The summed E-state index contributed by atoms with van der Waals surface area (Å²) in [7, 11) is 0. The third-order valence-corrected chi connectivity index (χ3v) is 3.37. The first-order valence-electron chi connectivity index (χ1n) is 4.47. The van der Waals surface area contributed by atoms with Gasteiger partial charge in [-0.15, -0.1) is 11.3 Å². The molecule has 1 N–H and O–H groups in total. The second kappa shape index (κ2) is 4.55. The second-order valence-electron chi connectivity index (χ2n) is 3.13. The van der Waals surface area contributed by atoms with Crippen molar-refractivity contribution < 1.29 is 4.79 Å². The molecule has 1 amide bonds. The summed E-state index contributed by atoms with van der Waals surface area (Å²) in [5.74, 6) is -0.0113. The zero-order valence-electron chi connectivity index (χ0n) is 8.19. The SMILES string of the molecule is Cc1cnc(NC(=O)Cc2ccsc2)s1. The minimum absolute atomic E-state index is 0.0113. The Morgan fingerprint density at radius 3 is 3.07 bits per heavy atom. The molecule has 2 heterocycles. The van der Waals surface area contributed by atoms with Gasteiger partial charge in [0.1, 0.15) is 0 Å². The minimum Gasteiger partial charge on any atom is -0.302 e. The Bertz CT molecular complexity index is 448. The summed E-state index contributed by atoms with van der Waals surface area (Å²) in [6.07, 6.45) is 2.17. The van der Waals surface area contributed by atoms with Gasteiger partial charge in [-0.05, 0) is 29.3 Å². The van der Waals surface area contributed by atoms with Crippen molar-refractivity contribution in [2.75, 3.05) is 5.32 Å². The molecule has 15 heavy (non-hydrogen) atoms. The van der Waals surface area contributed by atoms with Crippen LogP contribution in [-0.2, 0) is 11.2 Å². The van der Waals surface area contributed by atoms with Crippen LogP contribution in [-0.4, -0.2) is 10.9 Å². The van der Waals surface area contributed by atoms with Gasteiger partial charge >= 0.3 is 0 Å². The molecular formula is C10H10N2OS2. The van der Waals surface area contributed by atoms with E-state index in [1.165, 1.54) is 11.3 Å². The Balaban J connectivity index is 1.93. The van der Waals surface area contributed by atoms with Crippen molar-refractivity contribution in [3.05, 3.63) is 33.5 Å². The normalized spacial score (nSPS) is 10.2. The Labute approximate surface area is 95.8 Å². The number of aromatic nitrogens is 1. The number of thiazole rings is 1. The van der Waals surface area contributed by atoms with Gasteiger partial charge in [0.15, 0.2) is 5.13 Å². The number of rotatable bonds is 3. The van der Waals surface area contributed by atoms with Crippen molar-refractivity contribution in [2.45, 2.75) is 13.3 Å². The molecule has 0 aliphatic heterocycles. The van der Waals surface area contributed by atoms with Crippen molar-refractivity contribution in [2.24, 2.45) is 0 Å². The topological polar surface area (TPSA) is 42.0 Å². The molecule has 0 spiro atoms. The van der Waals surface area contributed by atoms with Gasteiger partial charge < -0.3 is 5.32 Å². The molecule has 0 radical (unpaired) electrons. The number of hydrogen-bond acceptors (Lipinski definition) is 4. The number of nitrogens with one attached hydrogen (secondary N) is 1. The number of carbonyl (C=O) groups excluding carboxylic acids is 1. The monoisotopic (exact) mass is 238 g/mol. The second-order valence-corrected chi connectivity index (χ2v) is 5.15. The lowest BCUT2D eigenvalue weighted by atomic mass is 10.2. The van der Waals surface area contributed by atoms with Crippen molar-refractivity contribution in [1.29, 1.82) is 0 Å². The van der Waals surface area contributed by atoms with Crippen molar-refractivity contribution in [3.8, 4) is 0 Å². The van der Waals surface area contributed by atoms with Crippen LogP contribution in [0.3, 0.4) is 0 Å². The predicted molar refractivity (Wildman–Crippen MR) is 63.5 cm³/mol. The molecule has 0 aliphatic carbocycles. The highest BCUT2D eigenvalue weighted by Crippen LogP contribution is 2.17. The van der Waals surface area contributed by atoms with E-state index in [1.54, 1.807) is 17.5 Å². The molecule has 0 atom stereocenters. The number of amides is 1. The number of nitrogens with zero attached hydrogens (tertiary/aromatic N) is 1. The number of anilines is 1. The molecule has 78 valence electrons. The van der Waals surface area contributed by atoms with Gasteiger partial charge in [-0.25, -0.2) is 4.98 Å². The molecule has 5 heteroatoms. The zero-order chi connectivity index (χ0) is 10.7. The van der Waals surface area contributed by atoms with E-state index in [9.17, 15) is 4.79 Å². The Kier molecular flexibility index (Phi) is 3.13. The van der Waals surface area contributed by atoms with Crippen LogP contribution in [0.2, 0.25) is 0 Å². The van der Waals surface area contributed by atoms with E-state index in [2.05, 4.69) is 10.3 Å². The van der Waals surface area contributed by atoms with E-state index >= 15 is 0 Å². The summed E-state index contributed by atoms with van der Waals surface area (Å²) in [5, 5.41) is 7.40. The lowest BCUT2D eigenvalue weighted by Gasteiger charge is -1.98.